The summed E-state index contributed by atoms with van der Waals surface area (Å²) < 4.78 is 0. The summed E-state index contributed by atoms with van der Waals surface area (Å²) in [6.45, 7) is 4.10. The van der Waals surface area contributed by atoms with Crippen molar-refractivity contribution in [1.29, 1.82) is 0 Å². The summed E-state index contributed by atoms with van der Waals surface area (Å²) >= 11 is 0. The molecule has 2 aliphatic rings. The fourth-order valence-corrected chi connectivity index (χ4v) is 2.47. The fourth-order valence-electron chi connectivity index (χ4n) is 2.47. The topological polar surface area (TPSA) is 27.6 Å². The summed E-state index contributed by atoms with van der Waals surface area (Å²) in [4.78, 5) is 6.78. The molecule has 0 aliphatic carbocycles. The maximum atomic E-state index is 4.28. The summed E-state index contributed by atoms with van der Waals surface area (Å²) in [6, 6.07) is 10.7. The van der Waals surface area contributed by atoms with Gasteiger partial charge >= 0.3 is 0 Å². The summed E-state index contributed by atoms with van der Waals surface area (Å²) in [6.07, 6.45) is 2.94. The maximum Gasteiger partial charge on any atom is 0.0869 e. The highest BCUT2D eigenvalue weighted by molar-refractivity contribution is 5.60. The number of hydrogen-bond acceptors (Lipinski definition) is 3. The zero-order valence-corrected chi connectivity index (χ0v) is 9.89. The second-order valence-corrected chi connectivity index (χ2v) is 4.64. The van der Waals surface area contributed by atoms with Gasteiger partial charge in [-0.1, -0.05) is 30.3 Å². The molecule has 0 fully saturated rings. The Balaban J connectivity index is 1.66. The van der Waals surface area contributed by atoms with Crippen LogP contribution in [-0.2, 0) is 6.54 Å². The predicted molar refractivity (Wildman–Crippen MR) is 69.9 cm³/mol. The van der Waals surface area contributed by atoms with Gasteiger partial charge in [0.25, 0.3) is 0 Å². The molecule has 0 amide bonds. The van der Waals surface area contributed by atoms with E-state index in [4.69, 9.17) is 0 Å². The van der Waals surface area contributed by atoms with Gasteiger partial charge in [-0.25, -0.2) is 0 Å². The molecule has 1 aromatic rings. The van der Waals surface area contributed by atoms with Crippen LogP contribution in [0.4, 0.5) is 0 Å². The number of aliphatic imine (C=N–C) groups is 1. The number of benzene rings is 1. The SMILES string of the molecule is C1=NCC2=C(CCN(Cc3ccccc3)C2)N1. The Bertz CT molecular complexity index is 448. The molecular weight excluding hydrogens is 210 g/mol. The molecule has 0 atom stereocenters. The first-order chi connectivity index (χ1) is 8.42. The van der Waals surface area contributed by atoms with Crippen molar-refractivity contribution < 1.29 is 0 Å². The minimum atomic E-state index is 0.869. The molecule has 3 heteroatoms. The van der Waals surface area contributed by atoms with Gasteiger partial charge in [0.1, 0.15) is 0 Å². The molecule has 0 saturated carbocycles. The van der Waals surface area contributed by atoms with E-state index in [0.29, 0.717) is 0 Å². The van der Waals surface area contributed by atoms with Crippen LogP contribution in [0.3, 0.4) is 0 Å². The third-order valence-corrected chi connectivity index (χ3v) is 3.38. The Morgan fingerprint density at radius 2 is 2.12 bits per heavy atom. The lowest BCUT2D eigenvalue weighted by atomic mass is 10.0. The normalized spacial score (nSPS) is 20.0. The minimum Gasteiger partial charge on any atom is -0.350 e. The number of hydrogen-bond donors (Lipinski definition) is 1. The van der Waals surface area contributed by atoms with Gasteiger partial charge in [-0.05, 0) is 11.1 Å². The Kier molecular flexibility index (Phi) is 2.92. The van der Waals surface area contributed by atoms with Crippen LogP contribution in [0.25, 0.3) is 0 Å². The Morgan fingerprint density at radius 1 is 1.24 bits per heavy atom. The molecule has 3 nitrogen and oxygen atoms in total. The first kappa shape index (κ1) is 10.5. The van der Waals surface area contributed by atoms with Crippen LogP contribution in [0.1, 0.15) is 12.0 Å². The van der Waals surface area contributed by atoms with E-state index in [9.17, 15) is 0 Å². The lowest BCUT2D eigenvalue weighted by molar-refractivity contribution is 0.273. The van der Waals surface area contributed by atoms with Crippen molar-refractivity contribution in [1.82, 2.24) is 10.2 Å². The third kappa shape index (κ3) is 2.39. The zero-order valence-electron chi connectivity index (χ0n) is 9.89. The summed E-state index contributed by atoms with van der Waals surface area (Å²) in [5.41, 5.74) is 4.24. The molecule has 0 aromatic heterocycles. The smallest absolute Gasteiger partial charge is 0.0869 e. The van der Waals surface area contributed by atoms with Gasteiger partial charge in [0, 0.05) is 31.8 Å². The lowest BCUT2D eigenvalue weighted by Crippen LogP contribution is -2.36. The van der Waals surface area contributed by atoms with Gasteiger partial charge < -0.3 is 5.32 Å². The molecular formula is C14H17N3. The molecule has 3 rings (SSSR count). The highest BCUT2D eigenvalue weighted by Crippen LogP contribution is 2.19. The summed E-state index contributed by atoms with van der Waals surface area (Å²) in [5.74, 6) is 0. The van der Waals surface area contributed by atoms with Crippen molar-refractivity contribution in [3.05, 3.63) is 47.2 Å². The molecule has 88 valence electrons. The van der Waals surface area contributed by atoms with Crippen molar-refractivity contribution in [2.24, 2.45) is 4.99 Å². The Morgan fingerprint density at radius 3 is 3.00 bits per heavy atom. The Labute approximate surface area is 102 Å². The van der Waals surface area contributed by atoms with Crippen molar-refractivity contribution in [3.63, 3.8) is 0 Å². The van der Waals surface area contributed by atoms with E-state index in [1.54, 1.807) is 0 Å². The summed E-state index contributed by atoms with van der Waals surface area (Å²) in [7, 11) is 0. The van der Waals surface area contributed by atoms with Gasteiger partial charge in [0.2, 0.25) is 0 Å². The van der Waals surface area contributed by atoms with E-state index >= 15 is 0 Å². The van der Waals surface area contributed by atoms with Crippen LogP contribution in [0.2, 0.25) is 0 Å². The molecule has 0 spiro atoms. The molecule has 17 heavy (non-hydrogen) atoms. The van der Waals surface area contributed by atoms with E-state index in [1.807, 2.05) is 6.34 Å². The van der Waals surface area contributed by atoms with Crippen molar-refractivity contribution in [3.8, 4) is 0 Å². The van der Waals surface area contributed by atoms with Gasteiger partial charge in [-0.2, -0.15) is 0 Å². The van der Waals surface area contributed by atoms with E-state index in [-0.39, 0.29) is 0 Å². The predicted octanol–water partition coefficient (Wildman–Crippen LogP) is 1.78. The number of nitrogens with zero attached hydrogens (tertiary/aromatic N) is 2. The monoisotopic (exact) mass is 227 g/mol. The number of rotatable bonds is 2. The molecule has 0 unspecified atom stereocenters. The number of nitrogens with one attached hydrogen (secondary N) is 1. The second kappa shape index (κ2) is 4.72. The van der Waals surface area contributed by atoms with Gasteiger partial charge in [-0.3, -0.25) is 9.89 Å². The fraction of sp³-hybridized carbons (Fsp3) is 0.357. The van der Waals surface area contributed by atoms with E-state index in [1.165, 1.54) is 16.8 Å². The van der Waals surface area contributed by atoms with Crippen LogP contribution < -0.4 is 5.32 Å². The minimum absolute atomic E-state index is 0.869. The molecule has 0 bridgehead atoms. The van der Waals surface area contributed by atoms with Crippen LogP contribution in [0.15, 0.2) is 46.6 Å². The van der Waals surface area contributed by atoms with Gasteiger partial charge in [-0.15, -0.1) is 0 Å². The zero-order chi connectivity index (χ0) is 11.5. The average molecular weight is 227 g/mol. The van der Waals surface area contributed by atoms with Crippen molar-refractivity contribution >= 4 is 6.34 Å². The lowest BCUT2D eigenvalue weighted by Gasteiger charge is -2.31. The average Bonchev–Trinajstić information content (AvgIpc) is 2.40. The largest absolute Gasteiger partial charge is 0.350 e. The van der Waals surface area contributed by atoms with Crippen LogP contribution in [0, 0.1) is 0 Å². The quantitative estimate of drug-likeness (QED) is 0.834. The molecule has 1 N–H and O–H groups in total. The highest BCUT2D eigenvalue weighted by atomic mass is 15.1. The van der Waals surface area contributed by atoms with Crippen molar-refractivity contribution in [2.75, 3.05) is 19.6 Å². The first-order valence-corrected chi connectivity index (χ1v) is 6.14. The standard InChI is InChI=1S/C14H17N3/c1-2-4-12(5-3-1)9-17-7-6-14-13(10-17)8-15-11-16-14/h1-5,11H,6-10H2,(H,15,16). The highest BCUT2D eigenvalue weighted by Gasteiger charge is 2.19. The molecule has 0 saturated heterocycles. The molecule has 1 aromatic carbocycles. The van der Waals surface area contributed by atoms with E-state index < -0.39 is 0 Å². The Hall–Kier alpha value is -1.61. The van der Waals surface area contributed by atoms with Gasteiger partial charge in [0.15, 0.2) is 0 Å². The van der Waals surface area contributed by atoms with E-state index in [2.05, 4.69) is 45.5 Å². The first-order valence-electron chi connectivity index (χ1n) is 6.14. The summed E-state index contributed by atoms with van der Waals surface area (Å²) in [5, 5.41) is 3.27. The third-order valence-electron chi connectivity index (χ3n) is 3.38. The van der Waals surface area contributed by atoms with Gasteiger partial charge in [0.05, 0.1) is 12.9 Å². The van der Waals surface area contributed by atoms with E-state index in [0.717, 1.165) is 32.6 Å². The van der Waals surface area contributed by atoms with Crippen LogP contribution >= 0.6 is 0 Å². The van der Waals surface area contributed by atoms with Crippen LogP contribution in [-0.4, -0.2) is 30.9 Å². The van der Waals surface area contributed by atoms with Crippen LogP contribution in [0.5, 0.6) is 0 Å². The maximum absolute atomic E-state index is 4.28. The van der Waals surface area contributed by atoms with Crippen molar-refractivity contribution in [2.45, 2.75) is 13.0 Å². The molecule has 2 aliphatic heterocycles. The second-order valence-electron chi connectivity index (χ2n) is 4.64. The molecule has 0 radical (unpaired) electrons. The molecule has 2 heterocycles.